The molecule has 35 heavy (non-hydrogen) atoms. The summed E-state index contributed by atoms with van der Waals surface area (Å²) in [6, 6.07) is 11.2. The Hall–Kier alpha value is -3.79. The number of halogens is 1. The first-order valence-electron chi connectivity index (χ1n) is 11.1. The number of nitrogens with zero attached hydrogens (tertiary/aromatic N) is 2. The van der Waals surface area contributed by atoms with Crippen molar-refractivity contribution in [2.24, 2.45) is 0 Å². The highest BCUT2D eigenvalue weighted by Gasteiger charge is 2.32. The van der Waals surface area contributed by atoms with Crippen LogP contribution < -0.4 is 15.5 Å². The van der Waals surface area contributed by atoms with Gasteiger partial charge in [0.1, 0.15) is 11.9 Å². The van der Waals surface area contributed by atoms with Crippen molar-refractivity contribution in [3.63, 3.8) is 0 Å². The van der Waals surface area contributed by atoms with E-state index in [1.807, 2.05) is 6.92 Å². The Balaban J connectivity index is 1.38. The lowest BCUT2D eigenvalue weighted by atomic mass is 10.0. The molecular weight excluding hydrogens is 471 g/mol. The number of ether oxygens (including phenoxy) is 1. The van der Waals surface area contributed by atoms with Crippen LogP contribution in [-0.2, 0) is 16.0 Å². The standard InChI is InChI=1S/C25H25FN4O4S/c1-15-23(35-14-29-15)9-10-27-24(32)18-5-3-17(4-6-18)21-8-7-19(11-22(21)26)30-13-20(34-25(30)33)12-28-16(2)31/h3-8,11,14,20H,9-10,12-13H2,1-2H3,(H,27,32)(H,28,31)/t20-/m0/s1. The van der Waals surface area contributed by atoms with Crippen molar-refractivity contribution in [3.8, 4) is 11.1 Å². The van der Waals surface area contributed by atoms with Gasteiger partial charge in [0.15, 0.2) is 0 Å². The number of aromatic nitrogens is 1. The van der Waals surface area contributed by atoms with Crippen LogP contribution in [0.5, 0.6) is 0 Å². The molecule has 3 aromatic rings. The molecule has 1 aliphatic rings. The van der Waals surface area contributed by atoms with E-state index < -0.39 is 18.0 Å². The molecule has 4 rings (SSSR count). The summed E-state index contributed by atoms with van der Waals surface area (Å²) >= 11 is 1.57. The first kappa shape index (κ1) is 24.3. The van der Waals surface area contributed by atoms with Crippen molar-refractivity contribution in [2.45, 2.75) is 26.4 Å². The van der Waals surface area contributed by atoms with Gasteiger partial charge in [0.2, 0.25) is 5.91 Å². The highest BCUT2D eigenvalue weighted by atomic mass is 32.1. The van der Waals surface area contributed by atoms with Gasteiger partial charge < -0.3 is 15.4 Å². The number of cyclic esters (lactones) is 1. The predicted molar refractivity (Wildman–Crippen MR) is 131 cm³/mol. The quantitative estimate of drug-likeness (QED) is 0.495. The average Bonchev–Trinajstić information content (AvgIpc) is 3.42. The number of hydrogen-bond acceptors (Lipinski definition) is 6. The summed E-state index contributed by atoms with van der Waals surface area (Å²) in [4.78, 5) is 42.4. The lowest BCUT2D eigenvalue weighted by Gasteiger charge is -2.14. The van der Waals surface area contributed by atoms with E-state index in [0.29, 0.717) is 28.9 Å². The summed E-state index contributed by atoms with van der Waals surface area (Å²) < 4.78 is 20.2. The molecule has 182 valence electrons. The van der Waals surface area contributed by atoms with Gasteiger partial charge in [-0.3, -0.25) is 14.5 Å². The SMILES string of the molecule is CC(=O)NC[C@H]1CN(c2ccc(-c3ccc(C(=O)NCCc4scnc4C)cc3)c(F)c2)C(=O)O1. The Morgan fingerprint density at radius 3 is 2.63 bits per heavy atom. The monoisotopic (exact) mass is 496 g/mol. The van der Waals surface area contributed by atoms with E-state index in [2.05, 4.69) is 15.6 Å². The molecule has 1 saturated heterocycles. The van der Waals surface area contributed by atoms with E-state index in [9.17, 15) is 18.8 Å². The van der Waals surface area contributed by atoms with Gasteiger partial charge in [-0.15, -0.1) is 11.3 Å². The summed E-state index contributed by atoms with van der Waals surface area (Å²) in [6.45, 7) is 4.24. The van der Waals surface area contributed by atoms with Crippen LogP contribution >= 0.6 is 11.3 Å². The van der Waals surface area contributed by atoms with Crippen LogP contribution in [0.15, 0.2) is 48.0 Å². The van der Waals surface area contributed by atoms with Gasteiger partial charge in [-0.2, -0.15) is 0 Å². The van der Waals surface area contributed by atoms with Gasteiger partial charge in [0.05, 0.1) is 30.0 Å². The van der Waals surface area contributed by atoms with Crippen LogP contribution in [0.25, 0.3) is 11.1 Å². The maximum atomic E-state index is 14.9. The second-order valence-electron chi connectivity index (χ2n) is 8.16. The Morgan fingerprint density at radius 2 is 1.97 bits per heavy atom. The molecule has 2 heterocycles. The lowest BCUT2D eigenvalue weighted by molar-refractivity contribution is -0.119. The number of thiazole rings is 1. The Kier molecular flexibility index (Phi) is 7.40. The molecule has 0 spiro atoms. The van der Waals surface area contributed by atoms with Gasteiger partial charge >= 0.3 is 6.09 Å². The number of carbonyl (C=O) groups is 3. The maximum Gasteiger partial charge on any atom is 0.414 e. The third kappa shape index (κ3) is 5.83. The largest absolute Gasteiger partial charge is 0.442 e. The molecule has 0 radical (unpaired) electrons. The van der Waals surface area contributed by atoms with Crippen LogP contribution in [0.2, 0.25) is 0 Å². The van der Waals surface area contributed by atoms with E-state index in [0.717, 1.165) is 17.0 Å². The second kappa shape index (κ2) is 10.6. The van der Waals surface area contributed by atoms with Crippen LogP contribution in [0, 0.1) is 12.7 Å². The van der Waals surface area contributed by atoms with Crippen LogP contribution in [-0.4, -0.2) is 48.6 Å². The van der Waals surface area contributed by atoms with E-state index in [-0.39, 0.29) is 24.9 Å². The first-order chi connectivity index (χ1) is 16.8. The number of hydrogen-bond donors (Lipinski definition) is 2. The lowest BCUT2D eigenvalue weighted by Crippen LogP contribution is -2.33. The normalized spacial score (nSPS) is 15.1. The number of rotatable bonds is 8. The Labute approximate surface area is 206 Å². The van der Waals surface area contributed by atoms with Crippen molar-refractivity contribution in [1.82, 2.24) is 15.6 Å². The fraction of sp³-hybridized carbons (Fsp3) is 0.280. The molecule has 1 aliphatic heterocycles. The zero-order valence-electron chi connectivity index (χ0n) is 19.3. The van der Waals surface area contributed by atoms with Crippen molar-refractivity contribution in [2.75, 3.05) is 24.5 Å². The molecule has 1 atom stereocenters. The fourth-order valence-corrected chi connectivity index (χ4v) is 4.54. The number of benzene rings is 2. The number of aryl methyl sites for hydroxylation is 1. The Morgan fingerprint density at radius 1 is 1.20 bits per heavy atom. The Bertz CT molecular complexity index is 1240. The number of amides is 3. The highest BCUT2D eigenvalue weighted by Crippen LogP contribution is 2.29. The third-order valence-corrected chi connectivity index (χ3v) is 6.65. The molecule has 2 N–H and O–H groups in total. The number of nitrogens with one attached hydrogen (secondary N) is 2. The minimum atomic E-state index is -0.589. The molecule has 0 unspecified atom stereocenters. The van der Waals surface area contributed by atoms with Gasteiger partial charge in [-0.25, -0.2) is 14.2 Å². The third-order valence-electron chi connectivity index (χ3n) is 5.66. The zero-order valence-corrected chi connectivity index (χ0v) is 20.2. The summed E-state index contributed by atoms with van der Waals surface area (Å²) in [5.41, 5.74) is 4.58. The molecule has 0 bridgehead atoms. The zero-order chi connectivity index (χ0) is 24.9. The summed E-state index contributed by atoms with van der Waals surface area (Å²) in [6.07, 6.45) is -0.372. The van der Waals surface area contributed by atoms with E-state index in [4.69, 9.17) is 4.74 Å². The minimum absolute atomic E-state index is 0.197. The topological polar surface area (TPSA) is 101 Å². The van der Waals surface area contributed by atoms with Gasteiger partial charge in [-0.1, -0.05) is 12.1 Å². The summed E-state index contributed by atoms with van der Waals surface area (Å²) in [7, 11) is 0. The van der Waals surface area contributed by atoms with Crippen LogP contribution in [0.1, 0.15) is 27.9 Å². The molecule has 1 fully saturated rings. The molecular formula is C25H25FN4O4S. The highest BCUT2D eigenvalue weighted by molar-refractivity contribution is 7.09. The van der Waals surface area contributed by atoms with Crippen molar-refractivity contribution < 1.29 is 23.5 Å². The van der Waals surface area contributed by atoms with E-state index in [1.54, 1.807) is 53.2 Å². The van der Waals surface area contributed by atoms with Gasteiger partial charge in [0, 0.05) is 35.9 Å². The average molecular weight is 497 g/mol. The van der Waals surface area contributed by atoms with Crippen LogP contribution in [0.3, 0.4) is 0 Å². The maximum absolute atomic E-state index is 14.9. The van der Waals surface area contributed by atoms with Crippen LogP contribution in [0.4, 0.5) is 14.9 Å². The number of carbonyl (C=O) groups excluding carboxylic acids is 3. The minimum Gasteiger partial charge on any atom is -0.442 e. The van der Waals surface area contributed by atoms with Crippen molar-refractivity contribution in [3.05, 3.63) is 69.9 Å². The smallest absolute Gasteiger partial charge is 0.414 e. The van der Waals surface area contributed by atoms with E-state index in [1.165, 1.54) is 17.9 Å². The summed E-state index contributed by atoms with van der Waals surface area (Å²) in [5.74, 6) is -0.918. The fourth-order valence-electron chi connectivity index (χ4n) is 3.76. The molecule has 1 aromatic heterocycles. The van der Waals surface area contributed by atoms with Crippen molar-refractivity contribution in [1.29, 1.82) is 0 Å². The second-order valence-corrected chi connectivity index (χ2v) is 9.10. The van der Waals surface area contributed by atoms with Gasteiger partial charge in [0.25, 0.3) is 5.91 Å². The molecule has 2 aromatic carbocycles. The van der Waals surface area contributed by atoms with E-state index >= 15 is 0 Å². The molecule has 10 heteroatoms. The first-order valence-corrected chi connectivity index (χ1v) is 12.0. The van der Waals surface area contributed by atoms with Crippen molar-refractivity contribution >= 4 is 34.9 Å². The molecule has 0 saturated carbocycles. The molecule has 0 aliphatic carbocycles. The molecule has 8 nitrogen and oxygen atoms in total. The van der Waals surface area contributed by atoms with Gasteiger partial charge in [-0.05, 0) is 42.8 Å². The summed E-state index contributed by atoms with van der Waals surface area (Å²) in [5, 5.41) is 5.50. The predicted octanol–water partition coefficient (Wildman–Crippen LogP) is 3.69. The number of anilines is 1. The molecule has 3 amide bonds.